The molecule has 1 atom stereocenters. The molecule has 7 nitrogen and oxygen atoms in total. The minimum atomic E-state index is -1.05. The fourth-order valence-corrected chi connectivity index (χ4v) is 1.66. The number of carbonyl (C=O) groups is 1. The summed E-state index contributed by atoms with van der Waals surface area (Å²) < 4.78 is 26.4. The average molecular weight is 312 g/mol. The molecular weight excluding hydrogens is 292 g/mol. The zero-order valence-corrected chi connectivity index (χ0v) is 13.0. The Morgan fingerprint density at radius 1 is 1.23 bits per heavy atom. The Morgan fingerprint density at radius 3 is 2.23 bits per heavy atom. The lowest BCUT2D eigenvalue weighted by atomic mass is 10.1. The van der Waals surface area contributed by atoms with Gasteiger partial charge in [-0.2, -0.15) is 0 Å². The molecule has 0 radical (unpaired) electrons. The number of benzene rings is 1. The number of carboxylic acids is 1. The van der Waals surface area contributed by atoms with Gasteiger partial charge in [-0.15, -0.1) is 0 Å². The molecule has 0 fully saturated rings. The number of hydrogen-bond donors (Lipinski definition) is 1. The molecule has 122 valence electrons. The van der Waals surface area contributed by atoms with Crippen molar-refractivity contribution in [1.82, 2.24) is 0 Å². The predicted molar refractivity (Wildman–Crippen MR) is 79.3 cm³/mol. The molecule has 0 aliphatic rings. The van der Waals surface area contributed by atoms with Gasteiger partial charge in [0.05, 0.1) is 20.8 Å². The van der Waals surface area contributed by atoms with Gasteiger partial charge in [0.25, 0.3) is 0 Å². The lowest BCUT2D eigenvalue weighted by Gasteiger charge is -2.20. The number of rotatable bonds is 9. The summed E-state index contributed by atoms with van der Waals surface area (Å²) in [5.74, 6) is -0.0101. The van der Waals surface area contributed by atoms with E-state index in [0.29, 0.717) is 29.4 Å². The lowest BCUT2D eigenvalue weighted by molar-refractivity contribution is -0.231. The van der Waals surface area contributed by atoms with Crippen molar-refractivity contribution in [2.24, 2.45) is 0 Å². The number of methoxy groups -OCH3 is 3. The van der Waals surface area contributed by atoms with Crippen LogP contribution in [0.1, 0.15) is 12.5 Å². The molecule has 1 rings (SSSR count). The summed E-state index contributed by atoms with van der Waals surface area (Å²) in [6.07, 6.45) is 2.44. The van der Waals surface area contributed by atoms with Gasteiger partial charge in [-0.3, -0.25) is 0 Å². The number of aliphatic carboxylic acids is 1. The van der Waals surface area contributed by atoms with E-state index in [-0.39, 0.29) is 0 Å². The van der Waals surface area contributed by atoms with Crippen LogP contribution in [0.2, 0.25) is 0 Å². The highest BCUT2D eigenvalue weighted by Gasteiger charge is 2.18. The molecule has 0 bridgehead atoms. The Labute approximate surface area is 129 Å². The molecule has 1 N–H and O–H groups in total. The van der Waals surface area contributed by atoms with Crippen LogP contribution in [0.25, 0.3) is 6.08 Å². The van der Waals surface area contributed by atoms with E-state index in [1.807, 2.05) is 6.92 Å². The third kappa shape index (κ3) is 4.94. The third-order valence-corrected chi connectivity index (χ3v) is 2.61. The van der Waals surface area contributed by atoms with Crippen LogP contribution in [0.3, 0.4) is 0 Å². The van der Waals surface area contributed by atoms with Crippen LogP contribution in [0, 0.1) is 0 Å². The van der Waals surface area contributed by atoms with Crippen LogP contribution >= 0.6 is 0 Å². The molecule has 1 aromatic carbocycles. The van der Waals surface area contributed by atoms with Gasteiger partial charge >= 0.3 is 12.4 Å². The van der Waals surface area contributed by atoms with Crippen molar-refractivity contribution in [1.29, 1.82) is 0 Å². The standard InChI is InChI=1S/C15H20O7/c1-5-21-15(20-4)22-14-11(18-2)8-10(6-7-13(16)17)9-12(14)19-3/h6-9,15H,5H2,1-4H3,(H,16,17)/b7-6+/t15-/m0/s1. The summed E-state index contributed by atoms with van der Waals surface area (Å²) in [7, 11) is 4.38. The topological polar surface area (TPSA) is 83.5 Å². The van der Waals surface area contributed by atoms with Crippen LogP contribution < -0.4 is 14.2 Å². The summed E-state index contributed by atoms with van der Waals surface area (Å²) >= 11 is 0. The zero-order chi connectivity index (χ0) is 16.5. The zero-order valence-electron chi connectivity index (χ0n) is 13.0. The molecule has 1 aromatic rings. The van der Waals surface area contributed by atoms with E-state index >= 15 is 0 Å². The van der Waals surface area contributed by atoms with Gasteiger partial charge in [0, 0.05) is 13.2 Å². The molecule has 0 saturated heterocycles. The van der Waals surface area contributed by atoms with Crippen molar-refractivity contribution in [3.05, 3.63) is 23.8 Å². The second-order valence-electron chi connectivity index (χ2n) is 4.02. The van der Waals surface area contributed by atoms with Crippen molar-refractivity contribution in [3.8, 4) is 17.2 Å². The molecule has 0 heterocycles. The highest BCUT2D eigenvalue weighted by Crippen LogP contribution is 2.39. The third-order valence-electron chi connectivity index (χ3n) is 2.61. The van der Waals surface area contributed by atoms with Crippen molar-refractivity contribution >= 4 is 12.0 Å². The molecule has 0 aromatic heterocycles. The van der Waals surface area contributed by atoms with Gasteiger partial charge in [-0.25, -0.2) is 4.79 Å². The van der Waals surface area contributed by atoms with Crippen LogP contribution in [-0.2, 0) is 14.3 Å². The Balaban J connectivity index is 3.17. The molecule has 0 aliphatic carbocycles. The summed E-state index contributed by atoms with van der Waals surface area (Å²) in [6, 6.07) is 3.24. The highest BCUT2D eigenvalue weighted by molar-refractivity contribution is 5.85. The molecule has 0 spiro atoms. The first-order valence-corrected chi connectivity index (χ1v) is 6.53. The first kappa shape index (κ1) is 17.8. The Kier molecular flexibility index (Phi) is 7.21. The van der Waals surface area contributed by atoms with Crippen molar-refractivity contribution in [3.63, 3.8) is 0 Å². The Hall–Kier alpha value is -2.25. The SMILES string of the molecule is CCO[C@H](OC)Oc1c(OC)cc(/C=C/C(=O)O)cc1OC. The fourth-order valence-electron chi connectivity index (χ4n) is 1.66. The molecular formula is C15H20O7. The molecule has 0 saturated carbocycles. The van der Waals surface area contributed by atoms with Gasteiger partial charge in [0.2, 0.25) is 5.75 Å². The van der Waals surface area contributed by atoms with Crippen LogP contribution in [0.5, 0.6) is 17.2 Å². The summed E-state index contributed by atoms with van der Waals surface area (Å²) in [6.45, 7) is 1.31. The predicted octanol–water partition coefficient (Wildman–Crippen LogP) is 2.15. The molecule has 7 heteroatoms. The Bertz CT molecular complexity index is 500. The monoisotopic (exact) mass is 312 g/mol. The maximum atomic E-state index is 10.6. The van der Waals surface area contributed by atoms with E-state index < -0.39 is 12.4 Å². The molecule has 0 aliphatic heterocycles. The van der Waals surface area contributed by atoms with Gasteiger partial charge in [0.15, 0.2) is 11.5 Å². The van der Waals surface area contributed by atoms with Crippen LogP contribution in [-0.4, -0.2) is 45.5 Å². The summed E-state index contributed by atoms with van der Waals surface area (Å²) in [4.78, 5) is 10.6. The van der Waals surface area contributed by atoms with Crippen molar-refractivity contribution in [2.45, 2.75) is 13.4 Å². The minimum Gasteiger partial charge on any atom is -0.493 e. The molecule has 22 heavy (non-hydrogen) atoms. The molecule has 0 unspecified atom stereocenters. The van der Waals surface area contributed by atoms with E-state index in [4.69, 9.17) is 28.8 Å². The fraction of sp³-hybridized carbons (Fsp3) is 0.400. The van der Waals surface area contributed by atoms with Crippen LogP contribution in [0.4, 0.5) is 0 Å². The number of hydrogen-bond acceptors (Lipinski definition) is 6. The molecule has 0 amide bonds. The summed E-state index contributed by atoms with van der Waals surface area (Å²) in [5.41, 5.74) is 0.592. The van der Waals surface area contributed by atoms with E-state index in [0.717, 1.165) is 6.08 Å². The average Bonchev–Trinajstić information content (AvgIpc) is 2.52. The van der Waals surface area contributed by atoms with Crippen molar-refractivity contribution in [2.75, 3.05) is 27.9 Å². The normalized spacial score (nSPS) is 12.2. The second kappa shape index (κ2) is 8.91. The number of ether oxygens (including phenoxy) is 5. The Morgan fingerprint density at radius 2 is 1.82 bits per heavy atom. The van der Waals surface area contributed by atoms with E-state index in [2.05, 4.69) is 0 Å². The largest absolute Gasteiger partial charge is 0.493 e. The van der Waals surface area contributed by atoms with Gasteiger partial charge in [-0.1, -0.05) is 0 Å². The van der Waals surface area contributed by atoms with E-state index in [1.54, 1.807) is 12.1 Å². The second-order valence-corrected chi connectivity index (χ2v) is 4.02. The number of carboxylic acid groups (broad SMARTS) is 1. The maximum absolute atomic E-state index is 10.6. The van der Waals surface area contributed by atoms with Gasteiger partial charge < -0.3 is 28.8 Å². The smallest absolute Gasteiger partial charge is 0.328 e. The van der Waals surface area contributed by atoms with E-state index in [9.17, 15) is 4.79 Å². The van der Waals surface area contributed by atoms with Gasteiger partial charge in [-0.05, 0) is 30.7 Å². The quantitative estimate of drug-likeness (QED) is 0.552. The van der Waals surface area contributed by atoms with Crippen molar-refractivity contribution < 1.29 is 33.6 Å². The van der Waals surface area contributed by atoms with E-state index in [1.165, 1.54) is 27.4 Å². The van der Waals surface area contributed by atoms with Gasteiger partial charge in [0.1, 0.15) is 0 Å². The maximum Gasteiger partial charge on any atom is 0.328 e. The summed E-state index contributed by atoms with van der Waals surface area (Å²) in [5, 5.41) is 8.69. The minimum absolute atomic E-state index is 0.303. The highest BCUT2D eigenvalue weighted by atomic mass is 16.8. The first-order chi connectivity index (χ1) is 10.5. The first-order valence-electron chi connectivity index (χ1n) is 6.53. The van der Waals surface area contributed by atoms with Crippen LogP contribution in [0.15, 0.2) is 18.2 Å². The lowest BCUT2D eigenvalue weighted by Crippen LogP contribution is -2.23.